The number of aromatic nitrogens is 1. The zero-order valence-corrected chi connectivity index (χ0v) is 15.6. The average Bonchev–Trinajstić information content (AvgIpc) is 2.95. The number of nitrogens with zero attached hydrogens (tertiary/aromatic N) is 1. The fourth-order valence-electron chi connectivity index (χ4n) is 2.43. The summed E-state index contributed by atoms with van der Waals surface area (Å²) in [4.78, 5) is 17.0. The number of para-hydroxylation sites is 1. The van der Waals surface area contributed by atoms with Gasteiger partial charge in [0.25, 0.3) is 5.91 Å². The topological polar surface area (TPSA) is 80.0 Å². The summed E-state index contributed by atoms with van der Waals surface area (Å²) in [7, 11) is 0. The summed E-state index contributed by atoms with van der Waals surface area (Å²) in [6.45, 7) is 3.84. The number of nitrogen functional groups attached to an aromatic ring is 1. The molecule has 0 spiro atoms. The van der Waals surface area contributed by atoms with Crippen LogP contribution in [0.1, 0.15) is 20.8 Å². The Morgan fingerprint density at radius 3 is 2.58 bits per heavy atom. The Kier molecular flexibility index (Phi) is 5.11. The molecule has 1 aromatic heterocycles. The summed E-state index contributed by atoms with van der Waals surface area (Å²) in [6, 6.07) is 9.97. The second-order valence-corrected chi connectivity index (χ2v) is 7.11. The van der Waals surface area contributed by atoms with Crippen molar-refractivity contribution >= 4 is 51.2 Å². The molecule has 3 aromatic rings. The molecule has 0 unspecified atom stereocenters. The van der Waals surface area contributed by atoms with E-state index in [1.54, 1.807) is 0 Å². The number of nitrogens with one attached hydrogen (secondary N) is 2. The van der Waals surface area contributed by atoms with Gasteiger partial charge in [0.15, 0.2) is 5.13 Å². The Morgan fingerprint density at radius 2 is 1.92 bits per heavy atom. The van der Waals surface area contributed by atoms with E-state index in [4.69, 9.17) is 17.3 Å². The second-order valence-electron chi connectivity index (χ2n) is 5.71. The lowest BCUT2D eigenvalue weighted by molar-refractivity contribution is 0.103. The largest absolute Gasteiger partial charge is 0.382 e. The molecular weight excluding hydrogens is 375 g/mol. The summed E-state index contributed by atoms with van der Waals surface area (Å²) < 4.78 is 13.2. The van der Waals surface area contributed by atoms with E-state index < -0.39 is 5.82 Å². The van der Waals surface area contributed by atoms with E-state index in [-0.39, 0.29) is 16.7 Å². The third-order valence-electron chi connectivity index (χ3n) is 3.75. The summed E-state index contributed by atoms with van der Waals surface area (Å²) in [5.74, 6) is -0.721. The first kappa shape index (κ1) is 18.2. The minimum absolute atomic E-state index is 0.00692. The highest BCUT2D eigenvalue weighted by atomic mass is 35.5. The van der Waals surface area contributed by atoms with Crippen LogP contribution in [0, 0.1) is 19.7 Å². The SMILES string of the molecule is Cc1cccc(C)c1NC(=O)c1sc(Nc2ccc(F)c(Cl)c2)nc1N. The number of hydrogen-bond acceptors (Lipinski definition) is 5. The molecule has 26 heavy (non-hydrogen) atoms. The maximum absolute atomic E-state index is 13.2. The van der Waals surface area contributed by atoms with Gasteiger partial charge in [-0.05, 0) is 43.2 Å². The number of carbonyl (C=O) groups is 1. The van der Waals surface area contributed by atoms with Gasteiger partial charge in [-0.2, -0.15) is 0 Å². The zero-order valence-electron chi connectivity index (χ0n) is 14.1. The Hall–Kier alpha value is -2.64. The van der Waals surface area contributed by atoms with E-state index in [1.807, 2.05) is 32.0 Å². The predicted octanol–water partition coefficient (Wildman–Crippen LogP) is 5.13. The van der Waals surface area contributed by atoms with Gasteiger partial charge in [-0.1, -0.05) is 41.1 Å². The molecule has 1 amide bonds. The first-order valence-electron chi connectivity index (χ1n) is 7.71. The molecule has 5 nitrogen and oxygen atoms in total. The van der Waals surface area contributed by atoms with Crippen LogP contribution in [0.3, 0.4) is 0 Å². The van der Waals surface area contributed by atoms with Crippen molar-refractivity contribution in [1.82, 2.24) is 4.98 Å². The quantitative estimate of drug-likeness (QED) is 0.576. The van der Waals surface area contributed by atoms with Crippen LogP contribution in [-0.4, -0.2) is 10.9 Å². The minimum atomic E-state index is -0.510. The lowest BCUT2D eigenvalue weighted by atomic mass is 10.1. The molecule has 8 heteroatoms. The smallest absolute Gasteiger partial charge is 0.269 e. The lowest BCUT2D eigenvalue weighted by Gasteiger charge is -2.10. The molecule has 0 bridgehead atoms. The van der Waals surface area contributed by atoms with Gasteiger partial charge >= 0.3 is 0 Å². The van der Waals surface area contributed by atoms with E-state index in [0.29, 0.717) is 15.7 Å². The van der Waals surface area contributed by atoms with Crippen LogP contribution in [-0.2, 0) is 0 Å². The molecular formula is C18H16ClFN4OS. The number of rotatable bonds is 4. The van der Waals surface area contributed by atoms with Crippen molar-refractivity contribution in [3.05, 3.63) is 63.2 Å². The van der Waals surface area contributed by atoms with E-state index in [2.05, 4.69) is 15.6 Å². The molecule has 0 aliphatic rings. The fraction of sp³-hybridized carbons (Fsp3) is 0.111. The van der Waals surface area contributed by atoms with Gasteiger partial charge in [-0.15, -0.1) is 0 Å². The van der Waals surface area contributed by atoms with Gasteiger partial charge in [-0.3, -0.25) is 4.79 Å². The van der Waals surface area contributed by atoms with Crippen LogP contribution in [0.15, 0.2) is 36.4 Å². The van der Waals surface area contributed by atoms with Crippen molar-refractivity contribution in [2.45, 2.75) is 13.8 Å². The Bertz CT molecular complexity index is 969. The van der Waals surface area contributed by atoms with Gasteiger partial charge in [-0.25, -0.2) is 9.37 Å². The number of halogens is 2. The van der Waals surface area contributed by atoms with Crippen molar-refractivity contribution in [2.75, 3.05) is 16.4 Å². The van der Waals surface area contributed by atoms with Gasteiger partial charge in [0, 0.05) is 11.4 Å². The number of hydrogen-bond donors (Lipinski definition) is 3. The van der Waals surface area contributed by atoms with Crippen LogP contribution in [0.5, 0.6) is 0 Å². The molecule has 0 saturated heterocycles. The first-order chi connectivity index (χ1) is 12.3. The molecule has 1 heterocycles. The number of aryl methyl sites for hydroxylation is 2. The second kappa shape index (κ2) is 7.31. The molecule has 0 radical (unpaired) electrons. The molecule has 2 aromatic carbocycles. The lowest BCUT2D eigenvalue weighted by Crippen LogP contribution is -2.14. The molecule has 134 valence electrons. The zero-order chi connectivity index (χ0) is 18.8. The molecule has 0 aliphatic carbocycles. The number of thiazole rings is 1. The highest BCUT2D eigenvalue weighted by Gasteiger charge is 2.18. The van der Waals surface area contributed by atoms with Crippen molar-refractivity contribution < 1.29 is 9.18 Å². The number of amides is 1. The van der Waals surface area contributed by atoms with E-state index in [0.717, 1.165) is 28.2 Å². The summed E-state index contributed by atoms with van der Waals surface area (Å²) in [6.07, 6.45) is 0. The van der Waals surface area contributed by atoms with Crippen LogP contribution < -0.4 is 16.4 Å². The van der Waals surface area contributed by atoms with E-state index in [9.17, 15) is 9.18 Å². The van der Waals surface area contributed by atoms with Crippen LogP contribution in [0.25, 0.3) is 0 Å². The predicted molar refractivity (Wildman–Crippen MR) is 105 cm³/mol. The van der Waals surface area contributed by atoms with E-state index in [1.165, 1.54) is 18.2 Å². The van der Waals surface area contributed by atoms with Gasteiger partial charge < -0.3 is 16.4 Å². The maximum atomic E-state index is 13.2. The Balaban J connectivity index is 1.81. The third kappa shape index (κ3) is 3.79. The van der Waals surface area contributed by atoms with Crippen LogP contribution >= 0.6 is 22.9 Å². The van der Waals surface area contributed by atoms with Crippen LogP contribution in [0.2, 0.25) is 5.02 Å². The highest BCUT2D eigenvalue weighted by molar-refractivity contribution is 7.18. The number of anilines is 4. The first-order valence-corrected chi connectivity index (χ1v) is 8.90. The maximum Gasteiger partial charge on any atom is 0.269 e. The Morgan fingerprint density at radius 1 is 1.23 bits per heavy atom. The van der Waals surface area contributed by atoms with Crippen molar-refractivity contribution in [3.63, 3.8) is 0 Å². The number of nitrogens with two attached hydrogens (primary N) is 1. The monoisotopic (exact) mass is 390 g/mol. The summed E-state index contributed by atoms with van der Waals surface area (Å²) >= 11 is 6.87. The third-order valence-corrected chi connectivity index (χ3v) is 5.03. The molecule has 0 aliphatic heterocycles. The molecule has 4 N–H and O–H groups in total. The van der Waals surface area contributed by atoms with Gasteiger partial charge in [0.1, 0.15) is 16.5 Å². The van der Waals surface area contributed by atoms with Gasteiger partial charge in [0.05, 0.1) is 5.02 Å². The van der Waals surface area contributed by atoms with Crippen molar-refractivity contribution in [2.24, 2.45) is 0 Å². The molecule has 3 rings (SSSR count). The molecule has 0 fully saturated rings. The standard InChI is InChI=1S/C18H16ClFN4OS/c1-9-4-3-5-10(2)14(9)23-17(25)15-16(21)24-18(26-15)22-11-6-7-13(20)12(19)8-11/h3-8H,21H2,1-2H3,(H,22,24)(H,23,25). The van der Waals surface area contributed by atoms with Crippen molar-refractivity contribution in [3.8, 4) is 0 Å². The normalized spacial score (nSPS) is 10.6. The number of benzene rings is 2. The highest BCUT2D eigenvalue weighted by Crippen LogP contribution is 2.30. The minimum Gasteiger partial charge on any atom is -0.382 e. The fourth-order valence-corrected chi connectivity index (χ4v) is 3.41. The average molecular weight is 391 g/mol. The summed E-state index contributed by atoms with van der Waals surface area (Å²) in [5.41, 5.74) is 9.11. The molecule has 0 saturated carbocycles. The molecule has 0 atom stereocenters. The van der Waals surface area contributed by atoms with Crippen molar-refractivity contribution in [1.29, 1.82) is 0 Å². The summed E-state index contributed by atoms with van der Waals surface area (Å²) in [5, 5.41) is 6.26. The van der Waals surface area contributed by atoms with Crippen LogP contribution in [0.4, 0.5) is 26.7 Å². The van der Waals surface area contributed by atoms with E-state index >= 15 is 0 Å². The Labute approximate surface area is 159 Å². The van der Waals surface area contributed by atoms with Gasteiger partial charge in [0.2, 0.25) is 0 Å². The number of carbonyl (C=O) groups excluding carboxylic acids is 1.